The normalized spacial score (nSPS) is 11.8. The Bertz CT molecular complexity index is 825. The number of thiophene rings is 1. The molecule has 3 aromatic heterocycles. The van der Waals surface area contributed by atoms with Gasteiger partial charge in [-0.1, -0.05) is 19.4 Å². The van der Waals surface area contributed by atoms with E-state index in [0.717, 1.165) is 38.0 Å². The lowest BCUT2D eigenvalue weighted by molar-refractivity contribution is 0.681. The van der Waals surface area contributed by atoms with E-state index in [4.69, 9.17) is 5.73 Å². The molecule has 0 radical (unpaired) electrons. The van der Waals surface area contributed by atoms with Gasteiger partial charge in [-0.05, 0) is 25.5 Å². The molecule has 3 aromatic rings. The summed E-state index contributed by atoms with van der Waals surface area (Å²) in [6, 6.07) is 3.87. The van der Waals surface area contributed by atoms with Crippen molar-refractivity contribution in [3.63, 3.8) is 0 Å². The van der Waals surface area contributed by atoms with Crippen molar-refractivity contribution >= 4 is 49.4 Å². The highest BCUT2D eigenvalue weighted by Crippen LogP contribution is 2.36. The summed E-state index contributed by atoms with van der Waals surface area (Å²) < 4.78 is 13.1. The summed E-state index contributed by atoms with van der Waals surface area (Å²) in [6.45, 7) is 7.34. The lowest BCUT2D eigenvalue weighted by atomic mass is 10.3. The fraction of sp³-hybridized carbons (Fsp3) is 0.294. The van der Waals surface area contributed by atoms with Crippen molar-refractivity contribution in [3.05, 3.63) is 36.4 Å². The minimum atomic E-state index is -1.03. The number of allylic oxidation sites excluding steroid dienone is 1. The first kappa shape index (κ1) is 18.8. The Morgan fingerprint density at radius 1 is 1.42 bits per heavy atom. The van der Waals surface area contributed by atoms with Gasteiger partial charge in [0, 0.05) is 22.7 Å². The van der Waals surface area contributed by atoms with Gasteiger partial charge in [-0.2, -0.15) is 0 Å². The van der Waals surface area contributed by atoms with E-state index >= 15 is 0 Å². The SMILES string of the molecule is C=CC.CCCCS(=O)c1sc2nc(-c3nccs3)ccc2c1N. The number of nitrogens with two attached hydrogens (primary N) is 1. The summed E-state index contributed by atoms with van der Waals surface area (Å²) in [7, 11) is -1.03. The first-order valence-electron chi connectivity index (χ1n) is 7.66. The van der Waals surface area contributed by atoms with Crippen LogP contribution in [0.15, 0.2) is 40.6 Å². The first-order chi connectivity index (χ1) is 11.6. The van der Waals surface area contributed by atoms with Crippen molar-refractivity contribution < 1.29 is 4.21 Å². The van der Waals surface area contributed by atoms with E-state index in [0.29, 0.717) is 11.4 Å². The third-order valence-electron chi connectivity index (χ3n) is 3.10. The Morgan fingerprint density at radius 3 is 2.79 bits per heavy atom. The molecule has 128 valence electrons. The van der Waals surface area contributed by atoms with Crippen molar-refractivity contribution in [2.45, 2.75) is 30.9 Å². The van der Waals surface area contributed by atoms with E-state index in [1.807, 2.05) is 24.4 Å². The van der Waals surface area contributed by atoms with Crippen LogP contribution in [0, 0.1) is 0 Å². The second kappa shape index (κ2) is 9.05. The number of unbranched alkanes of at least 4 members (excludes halogenated alkanes) is 1. The lowest BCUT2D eigenvalue weighted by Gasteiger charge is -1.99. The number of hydrogen-bond acceptors (Lipinski definition) is 6. The topological polar surface area (TPSA) is 68.9 Å². The fourth-order valence-corrected chi connectivity index (χ4v) is 5.37. The van der Waals surface area contributed by atoms with E-state index in [-0.39, 0.29) is 0 Å². The molecule has 0 aliphatic carbocycles. The number of pyridine rings is 1. The Hall–Kier alpha value is -1.57. The molecule has 0 aliphatic heterocycles. The van der Waals surface area contributed by atoms with Gasteiger partial charge in [-0.25, -0.2) is 9.97 Å². The molecular formula is C17H21N3OS3. The minimum absolute atomic E-state index is 0.614. The summed E-state index contributed by atoms with van der Waals surface area (Å²) in [4.78, 5) is 9.71. The molecule has 0 amide bonds. The quantitative estimate of drug-likeness (QED) is 0.626. The second-order valence-corrected chi connectivity index (χ2v) is 8.66. The zero-order valence-electron chi connectivity index (χ0n) is 13.8. The molecule has 1 atom stereocenters. The van der Waals surface area contributed by atoms with Crippen LogP contribution in [0.4, 0.5) is 5.69 Å². The summed E-state index contributed by atoms with van der Waals surface area (Å²) >= 11 is 2.99. The molecule has 7 heteroatoms. The monoisotopic (exact) mass is 379 g/mol. The van der Waals surface area contributed by atoms with Crippen molar-refractivity contribution in [1.29, 1.82) is 0 Å². The Morgan fingerprint density at radius 2 is 2.17 bits per heavy atom. The highest BCUT2D eigenvalue weighted by molar-refractivity contribution is 7.87. The van der Waals surface area contributed by atoms with Gasteiger partial charge < -0.3 is 5.73 Å². The maximum absolute atomic E-state index is 12.3. The maximum atomic E-state index is 12.3. The molecule has 0 spiro atoms. The average molecular weight is 380 g/mol. The molecule has 2 N–H and O–H groups in total. The Balaban J connectivity index is 0.000000647. The van der Waals surface area contributed by atoms with E-state index in [1.54, 1.807) is 23.6 Å². The number of nitrogens with zero attached hydrogens (tertiary/aromatic N) is 2. The third kappa shape index (κ3) is 4.28. The van der Waals surface area contributed by atoms with E-state index < -0.39 is 10.8 Å². The van der Waals surface area contributed by atoms with Crippen LogP contribution in [0.2, 0.25) is 0 Å². The average Bonchev–Trinajstić information content (AvgIpc) is 3.21. The van der Waals surface area contributed by atoms with Gasteiger partial charge in [0.2, 0.25) is 0 Å². The molecule has 0 saturated carbocycles. The van der Waals surface area contributed by atoms with Crippen LogP contribution in [0.25, 0.3) is 20.9 Å². The Labute approximate surface area is 152 Å². The number of anilines is 1. The van der Waals surface area contributed by atoms with Crippen molar-refractivity contribution in [2.24, 2.45) is 0 Å². The van der Waals surface area contributed by atoms with Gasteiger partial charge >= 0.3 is 0 Å². The van der Waals surface area contributed by atoms with Gasteiger partial charge in [0.05, 0.1) is 16.5 Å². The lowest BCUT2D eigenvalue weighted by Crippen LogP contribution is -1.98. The van der Waals surface area contributed by atoms with Crippen molar-refractivity contribution in [3.8, 4) is 10.7 Å². The maximum Gasteiger partial charge on any atom is 0.141 e. The number of hydrogen-bond donors (Lipinski definition) is 1. The van der Waals surface area contributed by atoms with Gasteiger partial charge in [0.15, 0.2) is 0 Å². The van der Waals surface area contributed by atoms with Crippen LogP contribution in [-0.2, 0) is 10.8 Å². The predicted octanol–water partition coefficient (Wildman–Crippen LogP) is 5.10. The number of nitrogen functional groups attached to an aromatic ring is 1. The minimum Gasteiger partial charge on any atom is -0.397 e. The number of fused-ring (bicyclic) bond motifs is 1. The summed E-state index contributed by atoms with van der Waals surface area (Å²) in [6.07, 6.45) is 5.49. The number of aromatic nitrogens is 2. The molecule has 0 saturated heterocycles. The van der Waals surface area contributed by atoms with Gasteiger partial charge in [-0.3, -0.25) is 4.21 Å². The zero-order valence-corrected chi connectivity index (χ0v) is 16.3. The van der Waals surface area contributed by atoms with Crippen LogP contribution < -0.4 is 5.73 Å². The molecule has 0 aliphatic rings. The molecule has 4 nitrogen and oxygen atoms in total. The molecule has 0 fully saturated rings. The largest absolute Gasteiger partial charge is 0.397 e. The first-order valence-corrected chi connectivity index (χ1v) is 10.7. The molecule has 3 heterocycles. The van der Waals surface area contributed by atoms with Crippen LogP contribution in [0.1, 0.15) is 26.7 Å². The predicted molar refractivity (Wildman–Crippen MR) is 107 cm³/mol. The smallest absolute Gasteiger partial charge is 0.141 e. The van der Waals surface area contributed by atoms with E-state index in [2.05, 4.69) is 23.5 Å². The van der Waals surface area contributed by atoms with Crippen LogP contribution in [0.3, 0.4) is 0 Å². The fourth-order valence-electron chi connectivity index (χ4n) is 1.98. The summed E-state index contributed by atoms with van der Waals surface area (Å²) in [5.74, 6) is 0.660. The van der Waals surface area contributed by atoms with Gasteiger partial charge in [0.25, 0.3) is 0 Å². The highest BCUT2D eigenvalue weighted by atomic mass is 32.2. The zero-order chi connectivity index (χ0) is 17.5. The highest BCUT2D eigenvalue weighted by Gasteiger charge is 2.16. The number of rotatable bonds is 5. The molecule has 1 unspecified atom stereocenters. The molecule has 0 bridgehead atoms. The molecule has 24 heavy (non-hydrogen) atoms. The molecule has 0 aromatic carbocycles. The van der Waals surface area contributed by atoms with E-state index in [9.17, 15) is 4.21 Å². The summed E-state index contributed by atoms with van der Waals surface area (Å²) in [5.41, 5.74) is 7.60. The van der Waals surface area contributed by atoms with Crippen LogP contribution in [-0.4, -0.2) is 19.9 Å². The van der Waals surface area contributed by atoms with Crippen molar-refractivity contribution in [1.82, 2.24) is 9.97 Å². The van der Waals surface area contributed by atoms with Crippen LogP contribution >= 0.6 is 22.7 Å². The molecular weight excluding hydrogens is 358 g/mol. The third-order valence-corrected chi connectivity index (χ3v) is 6.91. The number of thiazole rings is 1. The van der Waals surface area contributed by atoms with Gasteiger partial charge in [0.1, 0.15) is 19.7 Å². The second-order valence-electron chi connectivity index (χ2n) is 5.00. The van der Waals surface area contributed by atoms with Crippen LogP contribution in [0.5, 0.6) is 0 Å². The van der Waals surface area contributed by atoms with Gasteiger partial charge in [-0.15, -0.1) is 29.3 Å². The molecule has 3 rings (SSSR count). The van der Waals surface area contributed by atoms with Crippen molar-refractivity contribution in [2.75, 3.05) is 11.5 Å². The standard InChI is InChI=1S/C14H15N3OS3.C3H6/c1-2-3-8-21(18)14-11(15)9-4-5-10(17-12(9)20-14)13-16-6-7-19-13;1-3-2/h4-7H,2-3,8,15H2,1H3;3H,1H2,2H3. The summed E-state index contributed by atoms with van der Waals surface area (Å²) in [5, 5.41) is 3.70. The van der Waals surface area contributed by atoms with E-state index in [1.165, 1.54) is 11.3 Å². The Kier molecular flexibility index (Phi) is 7.08.